The van der Waals surface area contributed by atoms with Gasteiger partial charge in [-0.3, -0.25) is 9.80 Å². The number of hydrogen-bond acceptors (Lipinski definition) is 5. The Kier molecular flexibility index (Phi) is 9.15. The first-order chi connectivity index (χ1) is 14.6. The molecule has 0 aliphatic carbocycles. The molecule has 1 aliphatic rings. The lowest BCUT2D eigenvalue weighted by Gasteiger charge is -2.35. The Morgan fingerprint density at radius 1 is 0.867 bits per heavy atom. The van der Waals surface area contributed by atoms with Gasteiger partial charge in [0.05, 0.1) is 19.3 Å². The highest BCUT2D eigenvalue weighted by molar-refractivity contribution is 5.35. The Bertz CT molecular complexity index is 730. The smallest absolute Gasteiger partial charge is 0.122 e. The Morgan fingerprint density at radius 2 is 1.53 bits per heavy atom. The van der Waals surface area contributed by atoms with Crippen LogP contribution in [-0.4, -0.2) is 73.6 Å². The third-order valence-electron chi connectivity index (χ3n) is 5.52. The zero-order valence-corrected chi connectivity index (χ0v) is 18.4. The van der Waals surface area contributed by atoms with Gasteiger partial charge < -0.3 is 14.6 Å². The number of piperazine rings is 1. The van der Waals surface area contributed by atoms with Gasteiger partial charge in [0.2, 0.25) is 0 Å². The molecule has 0 bridgehead atoms. The van der Waals surface area contributed by atoms with Gasteiger partial charge in [-0.25, -0.2) is 0 Å². The zero-order chi connectivity index (χ0) is 21.2. The van der Waals surface area contributed by atoms with Crippen LogP contribution in [0.5, 0.6) is 5.75 Å². The summed E-state index contributed by atoms with van der Waals surface area (Å²) in [7, 11) is 0. The van der Waals surface area contributed by atoms with Crippen LogP contribution in [0.4, 0.5) is 0 Å². The summed E-state index contributed by atoms with van der Waals surface area (Å²) in [5.74, 6) is 1.35. The molecule has 0 amide bonds. The van der Waals surface area contributed by atoms with Crippen molar-refractivity contribution < 1.29 is 14.6 Å². The summed E-state index contributed by atoms with van der Waals surface area (Å²) in [5, 5.41) is 10.3. The average molecular weight is 413 g/mol. The summed E-state index contributed by atoms with van der Waals surface area (Å²) in [6.45, 7) is 11.3. The van der Waals surface area contributed by atoms with E-state index in [0.29, 0.717) is 32.3 Å². The highest BCUT2D eigenvalue weighted by Gasteiger charge is 2.19. The first-order valence-corrected chi connectivity index (χ1v) is 11.1. The second-order valence-corrected chi connectivity index (χ2v) is 8.33. The molecule has 1 aliphatic heterocycles. The van der Waals surface area contributed by atoms with Crippen LogP contribution in [0, 0.1) is 0 Å². The lowest BCUT2D eigenvalue weighted by atomic mass is 10.0. The minimum absolute atomic E-state index is 0.347. The second kappa shape index (κ2) is 12.1. The van der Waals surface area contributed by atoms with E-state index in [2.05, 4.69) is 60.0 Å². The fourth-order valence-electron chi connectivity index (χ4n) is 3.84. The van der Waals surface area contributed by atoms with Crippen molar-refractivity contribution in [1.82, 2.24) is 9.80 Å². The molecule has 2 aromatic carbocycles. The van der Waals surface area contributed by atoms with Gasteiger partial charge in [0.1, 0.15) is 12.4 Å². The number of β-amino-alcohol motifs (C(OH)–C–C–N with tert-alkyl or cyclic N) is 1. The number of aliphatic hydroxyl groups is 1. The Balaban J connectivity index is 1.27. The van der Waals surface area contributed by atoms with Crippen molar-refractivity contribution in [2.75, 3.05) is 52.5 Å². The molecule has 1 fully saturated rings. The molecule has 0 radical (unpaired) electrons. The van der Waals surface area contributed by atoms with Crippen LogP contribution in [0.15, 0.2) is 54.6 Å². The standard InChI is InChI=1S/C25H36N2O3/c1-21(2)24-10-6-7-11-25(24)30-17-16-29-20-23(28)19-27-14-12-26(13-15-27)18-22-8-4-3-5-9-22/h3-11,21,23,28H,12-20H2,1-2H3/t23-/m0/s1. The van der Waals surface area contributed by atoms with Crippen molar-refractivity contribution in [2.24, 2.45) is 0 Å². The minimum atomic E-state index is -0.464. The van der Waals surface area contributed by atoms with E-state index in [-0.39, 0.29) is 0 Å². The summed E-state index contributed by atoms with van der Waals surface area (Å²) in [5.41, 5.74) is 2.57. The molecule has 0 unspecified atom stereocenters. The molecule has 5 heteroatoms. The van der Waals surface area contributed by atoms with E-state index in [9.17, 15) is 5.11 Å². The van der Waals surface area contributed by atoms with E-state index >= 15 is 0 Å². The summed E-state index contributed by atoms with van der Waals surface area (Å²) >= 11 is 0. The average Bonchev–Trinajstić information content (AvgIpc) is 2.76. The maximum absolute atomic E-state index is 10.3. The zero-order valence-electron chi connectivity index (χ0n) is 18.4. The third kappa shape index (κ3) is 7.40. The highest BCUT2D eigenvalue weighted by atomic mass is 16.5. The fraction of sp³-hybridized carbons (Fsp3) is 0.520. The minimum Gasteiger partial charge on any atom is -0.491 e. The molecule has 1 N–H and O–H groups in total. The number of aliphatic hydroxyl groups excluding tert-OH is 1. The topological polar surface area (TPSA) is 45.2 Å². The number of rotatable bonds is 11. The molecular weight excluding hydrogens is 376 g/mol. The quantitative estimate of drug-likeness (QED) is 0.573. The largest absolute Gasteiger partial charge is 0.491 e. The van der Waals surface area contributed by atoms with Gasteiger partial charge in [-0.2, -0.15) is 0 Å². The SMILES string of the molecule is CC(C)c1ccccc1OCCOC[C@@H](O)CN1CCN(Cc2ccccc2)CC1. The fourth-order valence-corrected chi connectivity index (χ4v) is 3.84. The molecule has 5 nitrogen and oxygen atoms in total. The number of para-hydroxylation sites is 1. The lowest BCUT2D eigenvalue weighted by molar-refractivity contribution is -0.000507. The van der Waals surface area contributed by atoms with Crippen molar-refractivity contribution in [3.05, 3.63) is 65.7 Å². The summed E-state index contributed by atoms with van der Waals surface area (Å²) in [4.78, 5) is 4.80. The summed E-state index contributed by atoms with van der Waals surface area (Å²) in [6, 6.07) is 18.7. The maximum atomic E-state index is 10.3. The molecule has 0 saturated carbocycles. The Hall–Kier alpha value is -1.92. The lowest BCUT2D eigenvalue weighted by Crippen LogP contribution is -2.48. The second-order valence-electron chi connectivity index (χ2n) is 8.33. The monoisotopic (exact) mass is 412 g/mol. The van der Waals surface area contributed by atoms with Crippen LogP contribution >= 0.6 is 0 Å². The van der Waals surface area contributed by atoms with Crippen LogP contribution in [-0.2, 0) is 11.3 Å². The molecule has 30 heavy (non-hydrogen) atoms. The Morgan fingerprint density at radius 3 is 2.27 bits per heavy atom. The van der Waals surface area contributed by atoms with Gasteiger partial charge in [-0.1, -0.05) is 62.4 Å². The van der Waals surface area contributed by atoms with E-state index in [1.54, 1.807) is 0 Å². The van der Waals surface area contributed by atoms with E-state index in [1.807, 2.05) is 18.2 Å². The molecule has 2 aromatic rings. The van der Waals surface area contributed by atoms with Crippen LogP contribution in [0.2, 0.25) is 0 Å². The molecule has 1 saturated heterocycles. The molecule has 1 heterocycles. The van der Waals surface area contributed by atoms with Gasteiger partial charge >= 0.3 is 0 Å². The van der Waals surface area contributed by atoms with E-state index in [4.69, 9.17) is 9.47 Å². The predicted molar refractivity (Wildman–Crippen MR) is 121 cm³/mol. The normalized spacial score (nSPS) is 16.7. The van der Waals surface area contributed by atoms with Crippen LogP contribution in [0.3, 0.4) is 0 Å². The highest BCUT2D eigenvalue weighted by Crippen LogP contribution is 2.25. The number of nitrogens with zero attached hydrogens (tertiary/aromatic N) is 2. The van der Waals surface area contributed by atoms with Gasteiger partial charge in [-0.15, -0.1) is 0 Å². The van der Waals surface area contributed by atoms with E-state index < -0.39 is 6.10 Å². The molecule has 164 valence electrons. The summed E-state index contributed by atoms with van der Waals surface area (Å²) < 4.78 is 11.5. The molecule has 0 aromatic heterocycles. The number of benzene rings is 2. The van der Waals surface area contributed by atoms with Crippen molar-refractivity contribution in [2.45, 2.75) is 32.4 Å². The molecule has 1 atom stereocenters. The maximum Gasteiger partial charge on any atom is 0.122 e. The van der Waals surface area contributed by atoms with Crippen LogP contribution in [0.25, 0.3) is 0 Å². The van der Waals surface area contributed by atoms with E-state index in [0.717, 1.165) is 38.5 Å². The van der Waals surface area contributed by atoms with Gasteiger partial charge in [0.25, 0.3) is 0 Å². The molecular formula is C25H36N2O3. The van der Waals surface area contributed by atoms with Crippen molar-refractivity contribution in [1.29, 1.82) is 0 Å². The van der Waals surface area contributed by atoms with E-state index in [1.165, 1.54) is 11.1 Å². The van der Waals surface area contributed by atoms with Crippen LogP contribution < -0.4 is 4.74 Å². The number of hydrogen-bond donors (Lipinski definition) is 1. The first-order valence-electron chi connectivity index (χ1n) is 11.1. The van der Waals surface area contributed by atoms with Crippen molar-refractivity contribution in [3.8, 4) is 5.75 Å². The third-order valence-corrected chi connectivity index (χ3v) is 5.52. The van der Waals surface area contributed by atoms with Gasteiger partial charge in [-0.05, 0) is 23.1 Å². The predicted octanol–water partition coefficient (Wildman–Crippen LogP) is 3.38. The van der Waals surface area contributed by atoms with Crippen LogP contribution in [0.1, 0.15) is 30.9 Å². The Labute approximate surface area is 181 Å². The molecule has 3 rings (SSSR count). The van der Waals surface area contributed by atoms with Gasteiger partial charge in [0.15, 0.2) is 0 Å². The van der Waals surface area contributed by atoms with Crippen molar-refractivity contribution >= 4 is 0 Å². The first kappa shape index (κ1) is 22.8. The molecule has 0 spiro atoms. The van der Waals surface area contributed by atoms with Gasteiger partial charge in [0, 0.05) is 39.3 Å². The summed E-state index contributed by atoms with van der Waals surface area (Å²) in [6.07, 6.45) is -0.464. The van der Waals surface area contributed by atoms with Crippen molar-refractivity contribution in [3.63, 3.8) is 0 Å². The number of ether oxygens (including phenoxy) is 2.